The largest absolute Gasteiger partial charge is 0.497 e. The van der Waals surface area contributed by atoms with Gasteiger partial charge in [-0.2, -0.15) is 0 Å². The molecule has 14 aromatic carbocycles. The molecule has 0 saturated carbocycles. The lowest BCUT2D eigenvalue weighted by Gasteiger charge is -2.45. The fraction of sp³-hybridized carbons (Fsp3) is 0.106. The van der Waals surface area contributed by atoms with Crippen molar-refractivity contribution in [3.8, 4) is 79.4 Å². The molecule has 14 aromatic rings. The number of nitrogens with zero attached hydrogens (tertiary/aromatic N) is 6. The minimum atomic E-state index is -1.75. The average molecular weight is 1420 g/mol. The van der Waals surface area contributed by atoms with Gasteiger partial charge >= 0.3 is 0 Å². The number of benzene rings is 14. The molecule has 0 radical (unpaired) electrons. The van der Waals surface area contributed by atoms with E-state index >= 15 is 0 Å². The van der Waals surface area contributed by atoms with E-state index in [9.17, 15) is 0 Å². The third-order valence-corrected chi connectivity index (χ3v) is 20.8. The Bertz CT molecular complexity index is 5260. The van der Waals surface area contributed by atoms with E-state index in [-0.39, 0.29) is 0 Å². The van der Waals surface area contributed by atoms with Gasteiger partial charge in [0, 0.05) is 67.5 Å². The number of anilines is 6. The minimum Gasteiger partial charge on any atom is -0.497 e. The fourth-order valence-electron chi connectivity index (χ4n) is 15.4. The molecule has 0 bridgehead atoms. The number of hydrogen-bond acceptors (Lipinski definition) is 14. The van der Waals surface area contributed by atoms with Gasteiger partial charge in [-0.15, -0.1) is 0 Å². The Morgan fingerprint density at radius 1 is 0.213 bits per heavy atom. The van der Waals surface area contributed by atoms with Crippen molar-refractivity contribution >= 4 is 78.5 Å². The zero-order chi connectivity index (χ0) is 73.6. The Morgan fingerprint density at radius 3 is 0.611 bits per heavy atom. The molecule has 108 heavy (non-hydrogen) atoms. The van der Waals surface area contributed by atoms with Crippen LogP contribution in [0, 0.1) is 0 Å². The first-order valence-electron chi connectivity index (χ1n) is 35.6. The average Bonchev–Trinajstić information content (AvgIpc) is 1.39. The molecule has 0 N–H and O–H groups in total. The van der Waals surface area contributed by atoms with Gasteiger partial charge in [-0.3, -0.25) is 0 Å². The molecule has 17 rings (SSSR count). The Labute approximate surface area is 627 Å². The summed E-state index contributed by atoms with van der Waals surface area (Å²) in [6, 6.07) is 104. The summed E-state index contributed by atoms with van der Waals surface area (Å²) in [5, 5.41) is 4.04. The molecule has 0 unspecified atom stereocenters. The van der Waals surface area contributed by atoms with Crippen LogP contribution in [0.2, 0.25) is 0 Å². The van der Waals surface area contributed by atoms with E-state index < -0.39 is 11.3 Å². The van der Waals surface area contributed by atoms with Gasteiger partial charge < -0.3 is 47.7 Å². The van der Waals surface area contributed by atoms with Gasteiger partial charge in [0.15, 0.2) is 0 Å². The molecule has 2 aliphatic heterocycles. The summed E-state index contributed by atoms with van der Waals surface area (Å²) in [6.07, 6.45) is 0. The van der Waals surface area contributed by atoms with Crippen LogP contribution in [0.5, 0.6) is 46.0 Å². The number of fused-ring (bicyclic) bond motifs is 10. The van der Waals surface area contributed by atoms with Crippen LogP contribution in [-0.4, -0.2) is 79.7 Å². The summed E-state index contributed by atoms with van der Waals surface area (Å²) in [7, 11) is 13.4. The van der Waals surface area contributed by atoms with Gasteiger partial charge in [-0.05, 0) is 285 Å². The summed E-state index contributed by atoms with van der Waals surface area (Å²) >= 11 is 0. The third-order valence-electron chi connectivity index (χ3n) is 20.8. The summed E-state index contributed by atoms with van der Waals surface area (Å²) in [6.45, 7) is 0. The van der Waals surface area contributed by atoms with Crippen LogP contribution in [0.1, 0.15) is 33.4 Å². The third kappa shape index (κ3) is 11.6. The van der Waals surface area contributed by atoms with Crippen molar-refractivity contribution < 1.29 is 37.9 Å². The maximum atomic E-state index is 6.40. The quantitative estimate of drug-likeness (QED) is 0.0727. The maximum Gasteiger partial charge on any atom is 0.227 e. The zero-order valence-electron chi connectivity index (χ0n) is 60.8. The summed E-state index contributed by atoms with van der Waals surface area (Å²) in [5.41, 5.74) is 15.3. The van der Waals surface area contributed by atoms with E-state index in [1.54, 1.807) is 56.9 Å². The molecule has 2 spiro atoms. The van der Waals surface area contributed by atoms with Gasteiger partial charge in [0.25, 0.3) is 0 Å². The first kappa shape index (κ1) is 67.5. The molecule has 2 heterocycles. The van der Waals surface area contributed by atoms with Crippen molar-refractivity contribution in [2.24, 2.45) is 20.0 Å². The number of hydrogen-bond donors (Lipinski definition) is 0. The first-order chi connectivity index (χ1) is 53.1. The van der Waals surface area contributed by atoms with Crippen LogP contribution in [0.3, 0.4) is 0 Å². The highest BCUT2D eigenvalue weighted by Crippen LogP contribution is 2.65. The van der Waals surface area contributed by atoms with Crippen LogP contribution in [0.15, 0.2) is 323 Å². The van der Waals surface area contributed by atoms with Crippen molar-refractivity contribution in [1.29, 1.82) is 0 Å². The lowest BCUT2D eigenvalue weighted by atomic mass is 9.67. The zero-order valence-corrected chi connectivity index (χ0v) is 60.8. The van der Waals surface area contributed by atoms with Gasteiger partial charge in [0.2, 0.25) is 11.3 Å². The Hall–Kier alpha value is -13.7. The summed E-state index contributed by atoms with van der Waals surface area (Å²) < 4.78 is 46.0. The molecule has 0 atom stereocenters. The van der Waals surface area contributed by atoms with Gasteiger partial charge in [-0.1, -0.05) is 72.8 Å². The van der Waals surface area contributed by atoms with E-state index in [1.807, 2.05) is 97.1 Å². The van der Waals surface area contributed by atoms with E-state index in [4.69, 9.17) is 57.9 Å². The Morgan fingerprint density at radius 2 is 0.398 bits per heavy atom. The topological polar surface area (TPSA) is 130 Å². The maximum absolute atomic E-state index is 6.40. The lowest BCUT2D eigenvalue weighted by molar-refractivity contribution is 0.254. The van der Waals surface area contributed by atoms with Crippen molar-refractivity contribution in [3.05, 3.63) is 337 Å². The predicted octanol–water partition coefficient (Wildman–Crippen LogP) is 21.3. The number of aliphatic imine (C=N–C) groups is 4. The molecule has 3 aliphatic rings. The second kappa shape index (κ2) is 28.1. The monoisotopic (exact) mass is 1410 g/mol. The second-order valence-electron chi connectivity index (χ2n) is 26.4. The van der Waals surface area contributed by atoms with E-state index in [2.05, 4.69) is 216 Å². The Balaban J connectivity index is 0.986. The van der Waals surface area contributed by atoms with E-state index in [0.29, 0.717) is 45.8 Å². The normalized spacial score (nSPS) is 13.6. The van der Waals surface area contributed by atoms with Crippen molar-refractivity contribution in [2.75, 3.05) is 66.7 Å². The smallest absolute Gasteiger partial charge is 0.227 e. The highest BCUT2D eigenvalue weighted by molar-refractivity contribution is 6.56. The molecule has 14 heteroatoms. The molecule has 0 aromatic heterocycles. The van der Waals surface area contributed by atoms with Gasteiger partial charge in [0.1, 0.15) is 46.0 Å². The lowest BCUT2D eigenvalue weighted by Crippen LogP contribution is -2.46. The highest BCUT2D eigenvalue weighted by atomic mass is 16.5. The molecule has 0 fully saturated rings. The van der Waals surface area contributed by atoms with Gasteiger partial charge in [0.05, 0.1) is 79.7 Å². The molecule has 528 valence electrons. The number of ether oxygens (including phenoxy) is 8. The summed E-state index contributed by atoms with van der Waals surface area (Å²) in [4.78, 5) is 30.1. The Kier molecular flexibility index (Phi) is 17.5. The highest BCUT2D eigenvalue weighted by Gasteiger charge is 2.65. The van der Waals surface area contributed by atoms with Crippen LogP contribution in [0.25, 0.3) is 54.9 Å². The minimum absolute atomic E-state index is 0.636. The number of methoxy groups -OCH3 is 8. The standard InChI is InChI=1S/C94H74N6O8/c1-101-71-41-21-61(22-42-71)89-90(62-23-43-72(102-2)44-24-62)96-93(95-89)85-57-83(59-17-29-65(30-18-59)99(67-33-49-75(105-5)50-34-67)68-35-51-76(106-6)52-36-68)79-13-9-11-15-81(79)87(85)88-82-16-12-10-14-80(82)84(60-19-31-66(32-20-60)100(69-37-53-77(107-7)54-38-69)70-39-55-78(108-8)56-40-70)58-86(88)94(93)97-91(63-25-45-73(103-3)46-26-63)92(98-94)64-27-47-74(104-4)48-28-64/h9-58H,1-8H3. The van der Waals surface area contributed by atoms with Crippen LogP contribution >= 0.6 is 0 Å². The molecular formula is C94H74N6O8. The van der Waals surface area contributed by atoms with Crippen molar-refractivity contribution in [3.63, 3.8) is 0 Å². The molecule has 0 saturated heterocycles. The molecule has 1 aliphatic carbocycles. The van der Waals surface area contributed by atoms with Crippen molar-refractivity contribution in [2.45, 2.75) is 11.3 Å². The van der Waals surface area contributed by atoms with Gasteiger partial charge in [-0.25, -0.2) is 20.0 Å². The molecule has 0 amide bonds. The predicted molar refractivity (Wildman–Crippen MR) is 435 cm³/mol. The van der Waals surface area contributed by atoms with Crippen LogP contribution in [-0.2, 0) is 11.3 Å². The SMILES string of the molecule is COc1ccc(C2=NC3(N=C2c2ccc(OC)cc2)c2cc(-c4ccc(N(c5ccc(OC)cc5)c5ccc(OC)cc5)cc4)c4ccccc4c2-c2c(cc(-c4ccc(N(c5ccc(OC)cc5)c5ccc(OC)cc5)cc4)c4ccccc24)C32N=C(c3ccc(OC)cc3)C(c3ccc(OC)cc3)=N2)cc1. The van der Waals surface area contributed by atoms with Crippen LogP contribution < -0.4 is 47.7 Å². The van der Waals surface area contributed by atoms with E-state index in [0.717, 1.165) is 145 Å². The van der Waals surface area contributed by atoms with Crippen LogP contribution in [0.4, 0.5) is 34.1 Å². The second-order valence-corrected chi connectivity index (χ2v) is 26.4. The molecular weight excluding hydrogens is 1340 g/mol. The number of rotatable bonds is 20. The van der Waals surface area contributed by atoms with E-state index in [1.165, 1.54) is 0 Å². The fourth-order valence-corrected chi connectivity index (χ4v) is 15.4. The summed E-state index contributed by atoms with van der Waals surface area (Å²) in [5.74, 6) is 5.82. The first-order valence-corrected chi connectivity index (χ1v) is 35.6. The van der Waals surface area contributed by atoms with Crippen molar-refractivity contribution in [1.82, 2.24) is 0 Å². The molecule has 14 nitrogen and oxygen atoms in total.